The van der Waals surface area contributed by atoms with Crippen LogP contribution in [0.3, 0.4) is 0 Å². The number of aromatic nitrogens is 3. The van der Waals surface area contributed by atoms with Crippen LogP contribution in [0.15, 0.2) is 49.1 Å². The van der Waals surface area contributed by atoms with Gasteiger partial charge in [0.2, 0.25) is 0 Å². The molecule has 0 saturated heterocycles. The van der Waals surface area contributed by atoms with Crippen molar-refractivity contribution in [2.24, 2.45) is 0 Å². The molecule has 0 radical (unpaired) electrons. The predicted octanol–water partition coefficient (Wildman–Crippen LogP) is 2.50. The van der Waals surface area contributed by atoms with Crippen molar-refractivity contribution >= 4 is 11.4 Å². The molecule has 2 heterocycles. The van der Waals surface area contributed by atoms with Crippen molar-refractivity contribution in [1.29, 1.82) is 0 Å². The van der Waals surface area contributed by atoms with Gasteiger partial charge in [0, 0.05) is 17.3 Å². The Morgan fingerprint density at radius 1 is 1.28 bits per heavy atom. The summed E-state index contributed by atoms with van der Waals surface area (Å²) in [4.78, 5) is 3.89. The second kappa shape index (κ2) is 7.09. The summed E-state index contributed by atoms with van der Waals surface area (Å²) in [6.45, 7) is 3.67. The van der Waals surface area contributed by atoms with Crippen LogP contribution in [0.1, 0.15) is 31.0 Å². The molecule has 2 aromatic carbocycles. The number of rotatable bonds is 5. The average molecular weight is 400 g/mol. The molecule has 1 aromatic heterocycles. The van der Waals surface area contributed by atoms with Crippen molar-refractivity contribution in [3.8, 4) is 0 Å². The lowest BCUT2D eigenvalue weighted by Crippen LogP contribution is -2.55. The molecule has 0 saturated carbocycles. The zero-order valence-electron chi connectivity index (χ0n) is 16.0. The number of nitrogen functional groups attached to an aromatic ring is 1. The number of nitrogens with two attached hydrogens (primary N) is 1. The maximum Gasteiger partial charge on any atom is 0.137 e. The first-order valence-corrected chi connectivity index (χ1v) is 9.25. The highest BCUT2D eigenvalue weighted by Gasteiger charge is 2.44. The lowest BCUT2D eigenvalue weighted by atomic mass is 9.85. The van der Waals surface area contributed by atoms with Crippen LogP contribution in [0, 0.1) is 11.6 Å². The van der Waals surface area contributed by atoms with E-state index in [4.69, 9.17) is 5.73 Å². The van der Waals surface area contributed by atoms with Crippen LogP contribution >= 0.6 is 0 Å². The van der Waals surface area contributed by atoms with Gasteiger partial charge < -0.3 is 15.8 Å². The van der Waals surface area contributed by atoms with Crippen LogP contribution in [0.4, 0.5) is 20.2 Å². The smallest absolute Gasteiger partial charge is 0.137 e. The summed E-state index contributed by atoms with van der Waals surface area (Å²) < 4.78 is 29.7. The van der Waals surface area contributed by atoms with Crippen molar-refractivity contribution in [2.75, 3.05) is 10.7 Å². The minimum absolute atomic E-state index is 0.0275. The highest BCUT2D eigenvalue weighted by Crippen LogP contribution is 2.40. The van der Waals surface area contributed by atoms with Crippen LogP contribution in [0.2, 0.25) is 0 Å². The van der Waals surface area contributed by atoms with Gasteiger partial charge in [0.25, 0.3) is 0 Å². The molecule has 0 fully saturated rings. The summed E-state index contributed by atoms with van der Waals surface area (Å²) in [5, 5.41) is 17.6. The van der Waals surface area contributed by atoms with Crippen LogP contribution in [0.5, 0.6) is 0 Å². The Balaban J connectivity index is 1.79. The number of nitrogens with zero attached hydrogens (tertiary/aromatic N) is 4. The zero-order chi connectivity index (χ0) is 20.8. The van der Waals surface area contributed by atoms with Gasteiger partial charge in [0.05, 0.1) is 24.3 Å². The van der Waals surface area contributed by atoms with Gasteiger partial charge >= 0.3 is 0 Å². The Kier molecular flexibility index (Phi) is 4.71. The van der Waals surface area contributed by atoms with E-state index in [0.29, 0.717) is 5.69 Å². The van der Waals surface area contributed by atoms with E-state index in [0.717, 1.165) is 23.4 Å². The third kappa shape index (κ3) is 3.32. The van der Waals surface area contributed by atoms with Crippen LogP contribution in [-0.2, 0) is 12.1 Å². The van der Waals surface area contributed by atoms with Crippen LogP contribution < -0.4 is 16.2 Å². The van der Waals surface area contributed by atoms with Crippen molar-refractivity contribution in [1.82, 2.24) is 20.2 Å². The van der Waals surface area contributed by atoms with E-state index < -0.39 is 23.3 Å². The third-order valence-electron chi connectivity index (χ3n) is 5.46. The number of hydrogen-bond donors (Lipinski definition) is 3. The molecule has 0 aliphatic carbocycles. The van der Waals surface area contributed by atoms with Gasteiger partial charge in [-0.15, -0.1) is 0 Å². The fourth-order valence-corrected chi connectivity index (χ4v) is 3.87. The summed E-state index contributed by atoms with van der Waals surface area (Å²) in [6.07, 6.45) is 2.77. The van der Waals surface area contributed by atoms with Crippen molar-refractivity contribution in [2.45, 2.75) is 38.1 Å². The summed E-state index contributed by atoms with van der Waals surface area (Å²) in [7, 11) is 0. The largest absolute Gasteiger partial charge is 0.399 e. The molecule has 9 heteroatoms. The normalized spacial score (nSPS) is 19.1. The number of anilines is 2. The molecular weight excluding hydrogens is 378 g/mol. The Hall–Kier alpha value is -3.04. The van der Waals surface area contributed by atoms with E-state index in [1.165, 1.54) is 23.4 Å². The van der Waals surface area contributed by atoms with Gasteiger partial charge in [0.1, 0.15) is 29.9 Å². The summed E-state index contributed by atoms with van der Waals surface area (Å²) >= 11 is 0. The van der Waals surface area contributed by atoms with Crippen molar-refractivity contribution in [3.63, 3.8) is 0 Å². The summed E-state index contributed by atoms with van der Waals surface area (Å²) in [5.74, 6) is -1.54. The van der Waals surface area contributed by atoms with Gasteiger partial charge in [-0.05, 0) is 43.7 Å². The number of benzene rings is 2. The first kappa shape index (κ1) is 19.3. The fraction of sp³-hybridized carbons (Fsp3) is 0.300. The van der Waals surface area contributed by atoms with E-state index in [1.54, 1.807) is 18.0 Å². The molecular formula is C20H22F2N6O. The monoisotopic (exact) mass is 400 g/mol. The van der Waals surface area contributed by atoms with E-state index in [-0.39, 0.29) is 18.2 Å². The highest BCUT2D eigenvalue weighted by molar-refractivity contribution is 5.64. The van der Waals surface area contributed by atoms with Crippen LogP contribution in [-0.4, -0.2) is 25.9 Å². The molecule has 29 heavy (non-hydrogen) atoms. The Morgan fingerprint density at radius 2 is 2.07 bits per heavy atom. The highest BCUT2D eigenvalue weighted by atomic mass is 19.1. The lowest BCUT2D eigenvalue weighted by molar-refractivity contribution is -0.0136. The number of halogens is 2. The molecule has 1 unspecified atom stereocenters. The molecule has 3 aromatic rings. The molecule has 0 amide bonds. The first-order valence-electron chi connectivity index (χ1n) is 9.25. The van der Waals surface area contributed by atoms with Crippen LogP contribution in [0.25, 0.3) is 0 Å². The van der Waals surface area contributed by atoms with E-state index >= 15 is 0 Å². The molecule has 152 valence electrons. The lowest BCUT2D eigenvalue weighted by Gasteiger charge is -2.40. The van der Waals surface area contributed by atoms with Crippen molar-refractivity contribution in [3.05, 3.63) is 71.8 Å². The maximum atomic E-state index is 14.7. The van der Waals surface area contributed by atoms with Crippen molar-refractivity contribution < 1.29 is 13.9 Å². The minimum Gasteiger partial charge on any atom is -0.399 e. The molecule has 7 nitrogen and oxygen atoms in total. The molecule has 4 rings (SSSR count). The van der Waals surface area contributed by atoms with E-state index in [9.17, 15) is 13.9 Å². The van der Waals surface area contributed by atoms with Gasteiger partial charge in [-0.2, -0.15) is 5.10 Å². The quantitative estimate of drug-likeness (QED) is 0.570. The van der Waals surface area contributed by atoms with E-state index in [1.807, 2.05) is 19.1 Å². The molecule has 0 spiro atoms. The Bertz CT molecular complexity index is 1030. The molecule has 4 N–H and O–H groups in total. The first-order chi connectivity index (χ1) is 13.8. The SMILES string of the molecule is CC1NN([C@H](C)[C@](O)(Cn2cncn2)c2ccc(F)cc2F)c2ccc(N)cc21. The standard InChI is InChI=1S/C20H22F2N6O/c1-12-16-8-15(23)4-6-19(16)28(26-12)13(2)20(29,9-27-11-24-10-25-27)17-5-3-14(21)7-18(17)22/h3-8,10-13,26,29H,9,23H2,1-2H3/t12?,13-,20-/m1/s1. The topological polar surface area (TPSA) is 92.2 Å². The van der Waals surface area contributed by atoms with E-state index in [2.05, 4.69) is 15.5 Å². The van der Waals surface area contributed by atoms with Gasteiger partial charge in [-0.25, -0.2) is 23.9 Å². The fourth-order valence-electron chi connectivity index (χ4n) is 3.87. The Morgan fingerprint density at radius 3 is 2.76 bits per heavy atom. The van der Waals surface area contributed by atoms with Gasteiger partial charge in [0.15, 0.2) is 0 Å². The maximum absolute atomic E-state index is 14.7. The number of aliphatic hydroxyl groups is 1. The molecule has 0 bridgehead atoms. The summed E-state index contributed by atoms with van der Waals surface area (Å²) in [6, 6.07) is 7.95. The number of fused-ring (bicyclic) bond motifs is 1. The second-order valence-electron chi connectivity index (χ2n) is 7.36. The van der Waals surface area contributed by atoms with Gasteiger partial charge in [-0.3, -0.25) is 0 Å². The summed E-state index contributed by atoms with van der Waals surface area (Å²) in [5.41, 5.74) is 9.89. The number of hydrazine groups is 1. The third-order valence-corrected chi connectivity index (χ3v) is 5.46. The zero-order valence-corrected chi connectivity index (χ0v) is 16.0. The molecule has 3 atom stereocenters. The van der Waals surface area contributed by atoms with Gasteiger partial charge in [-0.1, -0.05) is 6.07 Å². The second-order valence-corrected chi connectivity index (χ2v) is 7.36. The predicted molar refractivity (Wildman–Crippen MR) is 105 cm³/mol. The average Bonchev–Trinajstić information content (AvgIpc) is 3.29. The molecule has 1 aliphatic rings. The molecule has 1 aliphatic heterocycles. The minimum atomic E-state index is -1.75. The Labute approximate surface area is 166 Å². The number of hydrogen-bond acceptors (Lipinski definition) is 6. The number of nitrogens with one attached hydrogen (secondary N) is 1.